The first-order chi connectivity index (χ1) is 38.3. The molecule has 0 aliphatic carbocycles. The third-order valence-corrected chi connectivity index (χ3v) is 8.48. The Kier molecular flexibility index (Phi) is 2.66. The van der Waals surface area contributed by atoms with E-state index in [1.54, 1.807) is 0 Å². The van der Waals surface area contributed by atoms with Crippen molar-refractivity contribution >= 4 is 39.6 Å². The molecule has 0 saturated carbocycles. The number of nitrogens with zero attached hydrogens (tertiary/aromatic N) is 1. The highest BCUT2D eigenvalue weighted by Gasteiger charge is 2.41. The summed E-state index contributed by atoms with van der Waals surface area (Å²) in [4.78, 5) is 0. The van der Waals surface area contributed by atoms with Crippen molar-refractivity contribution in [3.8, 4) is 67.4 Å². The molecule has 242 valence electrons. The van der Waals surface area contributed by atoms with E-state index in [0.29, 0.717) is 0 Å². The van der Waals surface area contributed by atoms with Gasteiger partial charge in [-0.1, -0.05) is 127 Å². The summed E-state index contributed by atoms with van der Waals surface area (Å²) in [6.07, 6.45) is 0. The van der Waals surface area contributed by atoms with Crippen molar-refractivity contribution < 1.29 is 50.5 Å². The molecule has 3 heterocycles. The van der Waals surface area contributed by atoms with E-state index in [9.17, 15) is 13.7 Å². The molecule has 0 bridgehead atoms. The Morgan fingerprint density at radius 2 is 1.08 bits per heavy atom. The van der Waals surface area contributed by atoms with Crippen molar-refractivity contribution in [2.75, 3.05) is 0 Å². The molecule has 0 N–H and O–H groups in total. The number of para-hydroxylation sites is 3. The quantitative estimate of drug-likeness (QED) is 0.171. The summed E-state index contributed by atoms with van der Waals surface area (Å²) < 4.78 is 284. The molecule has 8 aromatic carbocycles. The highest BCUT2D eigenvalue weighted by atomic mass is 16.5. The third-order valence-electron chi connectivity index (χ3n) is 8.48. The summed E-state index contributed by atoms with van der Waals surface area (Å²) in [6, 6.07) is -28.5. The monoisotopic (exact) mass is 693 g/mol. The van der Waals surface area contributed by atoms with Gasteiger partial charge in [-0.15, -0.1) is 0 Å². The molecule has 0 spiro atoms. The van der Waals surface area contributed by atoms with E-state index in [-0.39, 0.29) is 0 Å². The van der Waals surface area contributed by atoms with Gasteiger partial charge in [-0.2, -0.15) is 0 Å². The van der Waals surface area contributed by atoms with Gasteiger partial charge in [0.25, 0.3) is 0 Å². The molecule has 0 radical (unpaired) electrons. The zero-order chi connectivity index (χ0) is 60.3. The van der Waals surface area contributed by atoms with Crippen LogP contribution in [0.5, 0.6) is 17.2 Å². The molecule has 9 aromatic rings. The number of hydrogen-bond acceptors (Lipinski definition) is 2. The van der Waals surface area contributed by atoms with Crippen LogP contribution in [0.15, 0.2) is 181 Å². The fraction of sp³-hybridized carbons (Fsp3) is 0. The number of benzene rings is 8. The number of ether oxygens (including phenoxy) is 1. The lowest BCUT2D eigenvalue weighted by atomic mass is 9.50. The summed E-state index contributed by atoms with van der Waals surface area (Å²) in [5.41, 5.74) is -9.73. The average molecular weight is 694 g/mol. The van der Waals surface area contributed by atoms with Crippen molar-refractivity contribution in [1.82, 2.24) is 4.57 Å². The Morgan fingerprint density at radius 1 is 0.423 bits per heavy atom. The predicted octanol–water partition coefficient (Wildman–Crippen LogP) is 11.1. The van der Waals surface area contributed by atoms with Crippen LogP contribution in [0.4, 0.5) is 0 Å². The van der Waals surface area contributed by atoms with Gasteiger partial charge < -0.3 is 14.0 Å². The molecule has 4 heteroatoms. The molecule has 0 atom stereocenters. The van der Waals surface area contributed by atoms with Crippen molar-refractivity contribution in [1.29, 1.82) is 0 Å². The van der Waals surface area contributed by atoms with Gasteiger partial charge in [0.05, 0.1) is 52.2 Å². The lowest BCUT2D eigenvalue weighted by molar-refractivity contribution is 0.479. The van der Waals surface area contributed by atoms with Crippen LogP contribution in [0.2, 0.25) is 0 Å². The number of aromatic nitrogens is 1. The number of rotatable bonds is 4. The number of hydrogen-bond donors (Lipinski definition) is 0. The van der Waals surface area contributed by atoms with Gasteiger partial charge in [0, 0.05) is 32.9 Å². The maximum absolute atomic E-state index is 10.2. The molecule has 3 nitrogen and oxygen atoms in total. The van der Waals surface area contributed by atoms with Gasteiger partial charge in [0.15, 0.2) is 0 Å². The van der Waals surface area contributed by atoms with Crippen molar-refractivity contribution in [2.45, 2.75) is 0 Å². The molecular weight excluding hydrogens is 633 g/mol. The molecule has 2 aliphatic heterocycles. The van der Waals surface area contributed by atoms with Crippen LogP contribution < -0.4 is 20.3 Å². The third kappa shape index (κ3) is 4.41. The summed E-state index contributed by atoms with van der Waals surface area (Å²) in [6.45, 7) is -1.93. The molecular formula is C48H30BNO2. The second-order valence-electron chi connectivity index (χ2n) is 11.3. The Morgan fingerprint density at radius 3 is 1.88 bits per heavy atom. The Bertz CT molecular complexity index is 4490. The predicted molar refractivity (Wildman–Crippen MR) is 215 cm³/mol. The van der Waals surface area contributed by atoms with Crippen LogP contribution in [0, 0.1) is 0 Å². The Balaban J connectivity index is 1.33. The second kappa shape index (κ2) is 11.4. The maximum Gasteiger partial charge on any atom is 0.434 e. The summed E-state index contributed by atoms with van der Waals surface area (Å²) in [5.74, 6) is -2.26. The molecule has 52 heavy (non-hydrogen) atoms. The molecule has 1 aromatic heterocycles. The smallest absolute Gasteiger partial charge is 0.434 e. The van der Waals surface area contributed by atoms with Crippen molar-refractivity contribution in [3.05, 3.63) is 181 Å². The van der Waals surface area contributed by atoms with E-state index in [0.717, 1.165) is 4.57 Å². The maximum atomic E-state index is 10.2. The zero-order valence-corrected chi connectivity index (χ0v) is 25.8. The van der Waals surface area contributed by atoms with E-state index >= 15 is 0 Å². The van der Waals surface area contributed by atoms with Crippen LogP contribution in [-0.2, 0) is 0 Å². The first-order valence-electron chi connectivity index (χ1n) is 30.3. The fourth-order valence-electron chi connectivity index (χ4n) is 6.29. The average Bonchev–Trinajstić information content (AvgIpc) is 3.35. The molecule has 0 amide bonds. The molecule has 0 saturated heterocycles. The highest BCUT2D eigenvalue weighted by molar-refractivity contribution is 6.84. The zero-order valence-electron chi connectivity index (χ0n) is 55.8. The number of fused-ring (bicyclic) bond motifs is 7. The van der Waals surface area contributed by atoms with Gasteiger partial charge >= 0.3 is 6.92 Å². The van der Waals surface area contributed by atoms with Crippen LogP contribution >= 0.6 is 0 Å². The van der Waals surface area contributed by atoms with Gasteiger partial charge in [-0.25, -0.2) is 0 Å². The Hall–Kier alpha value is -6.78. The standard InChI is InChI=1S/C48H30BNO2/c1-2-13-31(14-3-1)36-17-4-5-18-37(36)33-25-26-45-40(28-33)41-29-34(30-47-48(41)49(52-45)42-21-8-11-24-46(42)51-47)32-15-12-16-35(27-32)50-43-22-9-6-19-38(43)39-20-7-10-23-44(39)50/h1-30H/i1D,2D,3D,4D,5D,6D,7D,8D,9D,10D,11D,12D,13D,14D,15D,16D,17D,18D,19D,20D,21D,22D,23D,24D,25D,26D,27D,28D,29D,30D. The van der Waals surface area contributed by atoms with Crippen LogP contribution in [0.3, 0.4) is 0 Å². The second-order valence-corrected chi connectivity index (χ2v) is 11.3. The fourth-order valence-corrected chi connectivity index (χ4v) is 6.29. The van der Waals surface area contributed by atoms with Crippen LogP contribution in [0.25, 0.3) is 72.0 Å². The molecule has 11 rings (SSSR count). The normalized spacial score (nSPS) is 20.6. The summed E-state index contributed by atoms with van der Waals surface area (Å²) in [5, 5.41) is -1.02. The van der Waals surface area contributed by atoms with Crippen molar-refractivity contribution in [2.24, 2.45) is 0 Å². The van der Waals surface area contributed by atoms with E-state index in [1.165, 1.54) is 0 Å². The van der Waals surface area contributed by atoms with E-state index in [2.05, 4.69) is 0 Å². The lowest BCUT2D eigenvalue weighted by Crippen LogP contribution is -2.53. The SMILES string of the molecule is [2H]c1c([2H])c([2H])c(-c2c([2H])c([2H])c([2H])c([2H])c2-c2c([2H])c([2H])c3c(c2[2H])-c2c([2H])c(-c4c([2H])c([2H])c([2H])c(-n5c6c([2H])c([2H])c([2H])c([2H])c6c6c([2H])c([2H])c([2H])c([2H])c65)c4[2H])c([2H])c4c2B(O3)c2c([2H])c([2H])c([2H])c([2H])c2O4)c([2H])c1[2H]. The van der Waals surface area contributed by atoms with Gasteiger partial charge in [0.1, 0.15) is 17.2 Å². The van der Waals surface area contributed by atoms with Crippen LogP contribution in [-0.4, -0.2) is 11.5 Å². The first kappa shape index (κ1) is 12.2. The summed E-state index contributed by atoms with van der Waals surface area (Å²) >= 11 is 0. The minimum absolute atomic E-state index is 0.489. The topological polar surface area (TPSA) is 23.4 Å². The van der Waals surface area contributed by atoms with Gasteiger partial charge in [-0.3, -0.25) is 0 Å². The minimum Gasteiger partial charge on any atom is -0.551 e. The molecule has 2 aliphatic rings. The largest absolute Gasteiger partial charge is 0.551 e. The van der Waals surface area contributed by atoms with E-state index in [1.807, 2.05) is 0 Å². The van der Waals surface area contributed by atoms with Gasteiger partial charge in [-0.05, 0) is 93.3 Å². The van der Waals surface area contributed by atoms with Gasteiger partial charge in [0.2, 0.25) is 0 Å². The summed E-state index contributed by atoms with van der Waals surface area (Å²) in [7, 11) is 0. The van der Waals surface area contributed by atoms with Crippen molar-refractivity contribution in [3.63, 3.8) is 0 Å². The van der Waals surface area contributed by atoms with Crippen LogP contribution in [0.1, 0.15) is 41.1 Å². The minimum atomic E-state index is -1.93. The van der Waals surface area contributed by atoms with E-state index in [4.69, 9.17) is 36.8 Å². The Labute approximate surface area is 344 Å². The molecule has 0 unspecified atom stereocenters. The lowest BCUT2D eigenvalue weighted by Gasteiger charge is -2.33. The molecule has 0 fully saturated rings. The highest BCUT2D eigenvalue weighted by Crippen LogP contribution is 2.44. The first-order valence-corrected chi connectivity index (χ1v) is 15.3. The van der Waals surface area contributed by atoms with E-state index < -0.39 is 288 Å².